The SMILES string of the molecule is Cc1c(C(N)=O)sc2ncnc(Nc3ccc(F)cc3O[C@@H]3CCCN(CCC#N)C3)c12. The van der Waals surface area contributed by atoms with Crippen molar-refractivity contribution in [1.29, 1.82) is 5.26 Å². The molecular weight excluding hydrogens is 431 g/mol. The van der Waals surface area contributed by atoms with E-state index in [1.54, 1.807) is 13.0 Å². The summed E-state index contributed by atoms with van der Waals surface area (Å²) < 4.78 is 20.3. The fourth-order valence-corrected chi connectivity index (χ4v) is 4.93. The lowest BCUT2D eigenvalue weighted by atomic mass is 10.1. The molecule has 1 saturated heterocycles. The number of carbonyl (C=O) groups is 1. The molecule has 0 unspecified atom stereocenters. The Morgan fingerprint density at radius 2 is 2.31 bits per heavy atom. The minimum Gasteiger partial charge on any atom is -0.487 e. The zero-order valence-corrected chi connectivity index (χ0v) is 18.4. The number of amides is 1. The van der Waals surface area contributed by atoms with Gasteiger partial charge in [0, 0.05) is 25.6 Å². The largest absolute Gasteiger partial charge is 0.487 e. The summed E-state index contributed by atoms with van der Waals surface area (Å²) in [6, 6.07) is 6.47. The van der Waals surface area contributed by atoms with Crippen molar-refractivity contribution in [3.8, 4) is 11.8 Å². The number of anilines is 2. The fraction of sp³-hybridized carbons (Fsp3) is 0.364. The number of nitriles is 1. The van der Waals surface area contributed by atoms with Gasteiger partial charge in [-0.15, -0.1) is 11.3 Å². The molecule has 1 aromatic carbocycles. The van der Waals surface area contributed by atoms with Crippen molar-refractivity contribution in [1.82, 2.24) is 14.9 Å². The van der Waals surface area contributed by atoms with Crippen LogP contribution in [0.25, 0.3) is 10.2 Å². The number of benzene rings is 1. The molecule has 3 aromatic rings. The summed E-state index contributed by atoms with van der Waals surface area (Å²) in [7, 11) is 0. The molecule has 8 nitrogen and oxygen atoms in total. The molecule has 1 amide bonds. The van der Waals surface area contributed by atoms with Crippen molar-refractivity contribution in [3.63, 3.8) is 0 Å². The van der Waals surface area contributed by atoms with E-state index in [0.29, 0.717) is 57.4 Å². The second-order valence-corrected chi connectivity index (χ2v) is 8.68. The van der Waals surface area contributed by atoms with Gasteiger partial charge < -0.3 is 15.8 Å². The van der Waals surface area contributed by atoms with Gasteiger partial charge in [-0.3, -0.25) is 9.69 Å². The van der Waals surface area contributed by atoms with Gasteiger partial charge in [0.25, 0.3) is 5.91 Å². The van der Waals surface area contributed by atoms with Crippen LogP contribution in [0.5, 0.6) is 5.75 Å². The summed E-state index contributed by atoms with van der Waals surface area (Å²) in [6.07, 6.45) is 3.56. The second kappa shape index (κ2) is 9.46. The molecule has 2 aromatic heterocycles. The molecule has 1 atom stereocenters. The average Bonchev–Trinajstić information content (AvgIpc) is 3.12. The normalized spacial score (nSPS) is 16.6. The first-order chi connectivity index (χ1) is 15.5. The zero-order valence-electron chi connectivity index (χ0n) is 17.6. The molecule has 3 heterocycles. The number of aromatic nitrogens is 2. The van der Waals surface area contributed by atoms with Crippen molar-refractivity contribution in [3.05, 3.63) is 40.8 Å². The molecule has 0 radical (unpaired) electrons. The Bertz CT molecular complexity index is 1190. The van der Waals surface area contributed by atoms with E-state index in [2.05, 4.69) is 26.3 Å². The highest BCUT2D eigenvalue weighted by molar-refractivity contribution is 7.20. The summed E-state index contributed by atoms with van der Waals surface area (Å²) in [4.78, 5) is 23.6. The van der Waals surface area contributed by atoms with Gasteiger partial charge in [-0.2, -0.15) is 5.26 Å². The Labute approximate surface area is 188 Å². The molecule has 166 valence electrons. The number of halogens is 1. The number of piperidine rings is 1. The van der Waals surface area contributed by atoms with E-state index in [1.165, 1.54) is 29.8 Å². The van der Waals surface area contributed by atoms with E-state index >= 15 is 0 Å². The Hall–Kier alpha value is -3.29. The smallest absolute Gasteiger partial charge is 0.259 e. The average molecular weight is 455 g/mol. The van der Waals surface area contributed by atoms with Gasteiger partial charge in [0.05, 0.1) is 22.0 Å². The first-order valence-electron chi connectivity index (χ1n) is 10.3. The van der Waals surface area contributed by atoms with Crippen molar-refractivity contribution < 1.29 is 13.9 Å². The van der Waals surface area contributed by atoms with Crippen LogP contribution in [0.1, 0.15) is 34.5 Å². The zero-order chi connectivity index (χ0) is 22.7. The topological polar surface area (TPSA) is 117 Å². The maximum Gasteiger partial charge on any atom is 0.259 e. The maximum atomic E-state index is 14.1. The molecule has 1 aliphatic rings. The van der Waals surface area contributed by atoms with Gasteiger partial charge in [0.1, 0.15) is 34.6 Å². The van der Waals surface area contributed by atoms with E-state index < -0.39 is 11.7 Å². The molecule has 32 heavy (non-hydrogen) atoms. The quantitative estimate of drug-likeness (QED) is 0.558. The number of ether oxygens (including phenoxy) is 1. The highest BCUT2D eigenvalue weighted by Crippen LogP contribution is 2.36. The lowest BCUT2D eigenvalue weighted by molar-refractivity contribution is 0.0902. The van der Waals surface area contributed by atoms with Crippen LogP contribution < -0.4 is 15.8 Å². The van der Waals surface area contributed by atoms with Gasteiger partial charge in [-0.1, -0.05) is 0 Å². The third kappa shape index (κ3) is 4.64. The third-order valence-electron chi connectivity index (χ3n) is 5.44. The van der Waals surface area contributed by atoms with Crippen LogP contribution in [0.3, 0.4) is 0 Å². The number of nitrogens with one attached hydrogen (secondary N) is 1. The molecule has 4 rings (SSSR count). The summed E-state index contributed by atoms with van der Waals surface area (Å²) >= 11 is 1.21. The summed E-state index contributed by atoms with van der Waals surface area (Å²) in [5, 5.41) is 12.8. The van der Waals surface area contributed by atoms with E-state index in [0.717, 1.165) is 19.4 Å². The van der Waals surface area contributed by atoms with E-state index in [4.69, 9.17) is 15.7 Å². The number of nitrogens with two attached hydrogens (primary N) is 1. The molecule has 1 fully saturated rings. The maximum absolute atomic E-state index is 14.1. The summed E-state index contributed by atoms with van der Waals surface area (Å²) in [6.45, 7) is 4.10. The van der Waals surface area contributed by atoms with Gasteiger partial charge >= 0.3 is 0 Å². The number of hydrogen-bond donors (Lipinski definition) is 2. The standard InChI is InChI=1S/C22H23FN6O2S/c1-13-18-21(26-12-27-22(18)32-19(13)20(25)30)28-16-6-5-14(23)10-17(16)31-15-4-2-8-29(11-15)9-3-7-24/h5-6,10,12,15H,2-4,8-9,11H2,1H3,(H2,25,30)(H,26,27,28)/t15-/m1/s1. The van der Waals surface area contributed by atoms with E-state index in [9.17, 15) is 9.18 Å². The van der Waals surface area contributed by atoms with Gasteiger partial charge in [0.15, 0.2) is 0 Å². The molecule has 0 aliphatic carbocycles. The summed E-state index contributed by atoms with van der Waals surface area (Å²) in [5.41, 5.74) is 6.75. The van der Waals surface area contributed by atoms with Crippen molar-refractivity contribution >= 4 is 39.0 Å². The predicted molar refractivity (Wildman–Crippen MR) is 121 cm³/mol. The highest BCUT2D eigenvalue weighted by Gasteiger charge is 2.23. The molecule has 10 heteroatoms. The van der Waals surface area contributed by atoms with Crippen LogP contribution in [-0.2, 0) is 0 Å². The Balaban J connectivity index is 1.61. The first kappa shape index (κ1) is 21.9. The number of fused-ring (bicyclic) bond motifs is 1. The number of rotatable bonds is 7. The van der Waals surface area contributed by atoms with Crippen LogP contribution in [0.15, 0.2) is 24.5 Å². The molecule has 0 saturated carbocycles. The van der Waals surface area contributed by atoms with Crippen molar-refractivity contribution in [2.24, 2.45) is 5.73 Å². The number of nitrogens with zero attached hydrogens (tertiary/aromatic N) is 4. The van der Waals surface area contributed by atoms with Crippen LogP contribution in [0, 0.1) is 24.1 Å². The van der Waals surface area contributed by atoms with E-state index in [1.807, 2.05) is 0 Å². The summed E-state index contributed by atoms with van der Waals surface area (Å²) in [5.74, 6) is -0.0438. The number of carbonyl (C=O) groups excluding carboxylic acids is 1. The molecule has 0 bridgehead atoms. The Kier molecular flexibility index (Phi) is 6.48. The fourth-order valence-electron chi connectivity index (χ4n) is 3.93. The van der Waals surface area contributed by atoms with Gasteiger partial charge in [-0.25, -0.2) is 14.4 Å². The van der Waals surface area contributed by atoms with Crippen molar-refractivity contribution in [2.45, 2.75) is 32.3 Å². The van der Waals surface area contributed by atoms with Crippen LogP contribution in [0.2, 0.25) is 0 Å². The highest BCUT2D eigenvalue weighted by atomic mass is 32.1. The van der Waals surface area contributed by atoms with Crippen LogP contribution in [0.4, 0.5) is 15.9 Å². The number of likely N-dealkylation sites (tertiary alicyclic amines) is 1. The van der Waals surface area contributed by atoms with Gasteiger partial charge in [0.2, 0.25) is 0 Å². The molecule has 1 aliphatic heterocycles. The minimum atomic E-state index is -0.513. The number of aryl methyl sites for hydroxylation is 1. The lowest BCUT2D eigenvalue weighted by Crippen LogP contribution is -2.41. The van der Waals surface area contributed by atoms with Crippen molar-refractivity contribution in [2.75, 3.05) is 25.0 Å². The third-order valence-corrected chi connectivity index (χ3v) is 6.66. The first-order valence-corrected chi connectivity index (χ1v) is 11.1. The second-order valence-electron chi connectivity index (χ2n) is 7.68. The minimum absolute atomic E-state index is 0.112. The lowest BCUT2D eigenvalue weighted by Gasteiger charge is -2.32. The predicted octanol–water partition coefficient (Wildman–Crippen LogP) is 3.74. The molecule has 0 spiro atoms. The number of hydrogen-bond acceptors (Lipinski definition) is 8. The number of primary amides is 1. The van der Waals surface area contributed by atoms with Gasteiger partial charge in [-0.05, 0) is 44.0 Å². The Morgan fingerprint density at radius 1 is 1.47 bits per heavy atom. The Morgan fingerprint density at radius 3 is 3.09 bits per heavy atom. The molecule has 3 N–H and O–H groups in total. The van der Waals surface area contributed by atoms with E-state index in [-0.39, 0.29) is 6.10 Å². The number of thiophene rings is 1. The molecular formula is C22H23FN6O2S. The van der Waals surface area contributed by atoms with Crippen LogP contribution >= 0.6 is 11.3 Å². The van der Waals surface area contributed by atoms with Crippen LogP contribution in [-0.4, -0.2) is 46.5 Å². The monoisotopic (exact) mass is 454 g/mol.